The number of benzene rings is 1. The Morgan fingerprint density at radius 2 is 1.89 bits per heavy atom. The first-order valence-electron chi connectivity index (χ1n) is 11.1. The van der Waals surface area contributed by atoms with E-state index in [2.05, 4.69) is 45.4 Å². The molecule has 0 unspecified atom stereocenters. The Morgan fingerprint density at radius 3 is 2.61 bits per heavy atom. The van der Waals surface area contributed by atoms with Gasteiger partial charge in [-0.2, -0.15) is 0 Å². The van der Waals surface area contributed by atoms with Gasteiger partial charge in [-0.1, -0.05) is 30.3 Å². The molecule has 1 aromatic carbocycles. The highest BCUT2D eigenvalue weighted by Crippen LogP contribution is 2.25. The van der Waals surface area contributed by atoms with E-state index in [1.165, 1.54) is 38.0 Å². The lowest BCUT2D eigenvalue weighted by molar-refractivity contribution is -0.136. The van der Waals surface area contributed by atoms with Gasteiger partial charge in [-0.05, 0) is 64.3 Å². The molecule has 1 N–H and O–H groups in total. The first kappa shape index (κ1) is 21.3. The normalized spacial score (nSPS) is 22.3. The average Bonchev–Trinajstić information content (AvgIpc) is 2.76. The summed E-state index contributed by atoms with van der Waals surface area (Å²) in [5.41, 5.74) is 1.43. The summed E-state index contributed by atoms with van der Waals surface area (Å²) in [4.78, 5) is 19.9. The summed E-state index contributed by atoms with van der Waals surface area (Å²) >= 11 is 0. The van der Waals surface area contributed by atoms with Gasteiger partial charge in [0.15, 0.2) is 0 Å². The first-order valence-corrected chi connectivity index (χ1v) is 11.1. The molecular weight excluding hydrogens is 348 g/mol. The minimum absolute atomic E-state index is 0.187. The third kappa shape index (κ3) is 6.03. The van der Waals surface area contributed by atoms with Crippen LogP contribution in [-0.2, 0) is 11.2 Å². The molecule has 1 aromatic rings. The van der Waals surface area contributed by atoms with Gasteiger partial charge in [0.1, 0.15) is 0 Å². The zero-order valence-electron chi connectivity index (χ0n) is 17.8. The summed E-state index contributed by atoms with van der Waals surface area (Å²) in [6.45, 7) is 7.32. The molecule has 2 aliphatic rings. The van der Waals surface area contributed by atoms with Gasteiger partial charge in [-0.15, -0.1) is 0 Å². The second-order valence-electron chi connectivity index (χ2n) is 8.51. The Balaban J connectivity index is 1.41. The molecule has 0 bridgehead atoms. The van der Waals surface area contributed by atoms with E-state index in [0.29, 0.717) is 11.9 Å². The molecule has 0 saturated carbocycles. The van der Waals surface area contributed by atoms with Crippen LogP contribution in [0.5, 0.6) is 0 Å². The Bertz CT molecular complexity index is 586. The number of hydrogen-bond donors (Lipinski definition) is 1. The molecule has 0 aliphatic carbocycles. The van der Waals surface area contributed by atoms with Crippen molar-refractivity contribution in [3.63, 3.8) is 0 Å². The highest BCUT2D eigenvalue weighted by molar-refractivity contribution is 5.78. The summed E-state index contributed by atoms with van der Waals surface area (Å²) < 4.78 is 0. The molecule has 2 heterocycles. The quantitative estimate of drug-likeness (QED) is 0.743. The lowest BCUT2D eigenvalue weighted by Gasteiger charge is -2.42. The van der Waals surface area contributed by atoms with E-state index >= 15 is 0 Å². The predicted molar refractivity (Wildman–Crippen MR) is 115 cm³/mol. The van der Waals surface area contributed by atoms with E-state index in [1.54, 1.807) is 0 Å². The molecule has 0 radical (unpaired) electrons. The Morgan fingerprint density at radius 1 is 1.14 bits per heavy atom. The molecule has 1 atom stereocenters. The molecule has 5 nitrogen and oxygen atoms in total. The minimum Gasteiger partial charge on any atom is -0.344 e. The van der Waals surface area contributed by atoms with Crippen LogP contribution in [0.15, 0.2) is 30.3 Å². The van der Waals surface area contributed by atoms with Crippen molar-refractivity contribution in [3.8, 4) is 0 Å². The third-order valence-electron chi connectivity index (χ3n) is 6.51. The van der Waals surface area contributed by atoms with E-state index in [1.807, 2.05) is 19.0 Å². The molecule has 28 heavy (non-hydrogen) atoms. The van der Waals surface area contributed by atoms with E-state index < -0.39 is 0 Å². The van der Waals surface area contributed by atoms with Crippen molar-refractivity contribution in [2.45, 2.75) is 38.1 Å². The van der Waals surface area contributed by atoms with Crippen molar-refractivity contribution in [1.29, 1.82) is 0 Å². The molecule has 156 valence electrons. The topological polar surface area (TPSA) is 38.8 Å². The van der Waals surface area contributed by atoms with Crippen molar-refractivity contribution < 1.29 is 4.79 Å². The minimum atomic E-state index is 0.187. The summed E-state index contributed by atoms with van der Waals surface area (Å²) in [5.74, 6) is 0.520. The lowest BCUT2D eigenvalue weighted by atomic mass is 9.93. The second-order valence-corrected chi connectivity index (χ2v) is 8.51. The lowest BCUT2D eigenvalue weighted by Crippen LogP contribution is -2.51. The number of amides is 1. The van der Waals surface area contributed by atoms with Crippen LogP contribution >= 0.6 is 0 Å². The van der Waals surface area contributed by atoms with Crippen LogP contribution in [0.3, 0.4) is 0 Å². The van der Waals surface area contributed by atoms with E-state index in [0.717, 1.165) is 45.4 Å². The maximum Gasteiger partial charge on any atom is 0.226 e. The maximum atomic E-state index is 12.8. The molecule has 2 saturated heterocycles. The molecule has 2 aliphatic heterocycles. The largest absolute Gasteiger partial charge is 0.344 e. The fourth-order valence-corrected chi connectivity index (χ4v) is 4.68. The standard InChI is InChI=1S/C23H38N4O/c1-24-13-18-25(2)23(28)21-9-6-14-27(19-21)22-11-16-26(17-12-22)15-10-20-7-4-3-5-8-20/h3-5,7-8,21-22,24H,6,9-19H2,1-2H3/t21-/m1/s1. The Labute approximate surface area is 171 Å². The molecule has 2 fully saturated rings. The number of likely N-dealkylation sites (tertiary alicyclic amines) is 2. The van der Waals surface area contributed by atoms with E-state index in [9.17, 15) is 4.79 Å². The van der Waals surface area contributed by atoms with Crippen LogP contribution in [0.4, 0.5) is 0 Å². The fraction of sp³-hybridized carbons (Fsp3) is 0.696. The number of carbonyl (C=O) groups excluding carboxylic acids is 1. The van der Waals surface area contributed by atoms with Crippen LogP contribution in [-0.4, -0.2) is 86.6 Å². The number of piperidine rings is 2. The number of hydrogen-bond acceptors (Lipinski definition) is 4. The second kappa shape index (κ2) is 10.9. The smallest absolute Gasteiger partial charge is 0.226 e. The summed E-state index contributed by atoms with van der Waals surface area (Å²) in [6.07, 6.45) is 5.83. The van der Waals surface area contributed by atoms with Gasteiger partial charge in [-0.3, -0.25) is 9.69 Å². The molecule has 3 rings (SSSR count). The highest BCUT2D eigenvalue weighted by atomic mass is 16.2. The van der Waals surface area contributed by atoms with Crippen molar-refractivity contribution in [3.05, 3.63) is 35.9 Å². The van der Waals surface area contributed by atoms with Gasteiger partial charge in [-0.25, -0.2) is 0 Å². The number of carbonyl (C=O) groups is 1. The maximum absolute atomic E-state index is 12.8. The average molecular weight is 387 g/mol. The van der Waals surface area contributed by atoms with Crippen LogP contribution in [0.2, 0.25) is 0 Å². The number of rotatable bonds is 8. The summed E-state index contributed by atoms with van der Waals surface area (Å²) in [7, 11) is 3.89. The fourth-order valence-electron chi connectivity index (χ4n) is 4.68. The van der Waals surface area contributed by atoms with Gasteiger partial charge in [0, 0.05) is 39.3 Å². The predicted octanol–water partition coefficient (Wildman–Crippen LogP) is 2.08. The van der Waals surface area contributed by atoms with E-state index in [-0.39, 0.29) is 5.92 Å². The molecule has 1 amide bonds. The first-order chi connectivity index (χ1) is 13.7. The van der Waals surface area contributed by atoms with Gasteiger partial charge in [0.2, 0.25) is 5.91 Å². The highest BCUT2D eigenvalue weighted by Gasteiger charge is 2.32. The Kier molecular flexibility index (Phi) is 8.31. The Hall–Kier alpha value is -1.43. The summed E-state index contributed by atoms with van der Waals surface area (Å²) in [6, 6.07) is 11.5. The number of nitrogens with one attached hydrogen (secondary N) is 1. The van der Waals surface area contributed by atoms with Gasteiger partial charge in [0.25, 0.3) is 0 Å². The zero-order valence-corrected chi connectivity index (χ0v) is 17.8. The SMILES string of the molecule is CNCCN(C)C(=O)[C@@H]1CCCN(C2CCN(CCc3ccccc3)CC2)C1. The van der Waals surface area contributed by atoms with E-state index in [4.69, 9.17) is 0 Å². The van der Waals surface area contributed by atoms with Crippen molar-refractivity contribution in [1.82, 2.24) is 20.0 Å². The number of nitrogens with zero attached hydrogens (tertiary/aromatic N) is 3. The monoisotopic (exact) mass is 386 g/mol. The van der Waals surface area contributed by atoms with Crippen LogP contribution in [0, 0.1) is 5.92 Å². The molecule has 5 heteroatoms. The van der Waals surface area contributed by atoms with Crippen molar-refractivity contribution in [2.24, 2.45) is 5.92 Å². The molecule has 0 aromatic heterocycles. The van der Waals surface area contributed by atoms with Gasteiger partial charge >= 0.3 is 0 Å². The summed E-state index contributed by atoms with van der Waals surface area (Å²) in [5, 5.41) is 3.13. The third-order valence-corrected chi connectivity index (χ3v) is 6.51. The number of likely N-dealkylation sites (N-methyl/N-ethyl adjacent to an activating group) is 2. The zero-order chi connectivity index (χ0) is 19.8. The van der Waals surface area contributed by atoms with Gasteiger partial charge in [0.05, 0.1) is 5.92 Å². The molecular formula is C23H38N4O. The van der Waals surface area contributed by atoms with Gasteiger partial charge < -0.3 is 15.1 Å². The van der Waals surface area contributed by atoms with Crippen LogP contribution in [0.25, 0.3) is 0 Å². The van der Waals surface area contributed by atoms with Crippen molar-refractivity contribution in [2.75, 3.05) is 59.9 Å². The van der Waals surface area contributed by atoms with Crippen LogP contribution < -0.4 is 5.32 Å². The molecule has 0 spiro atoms. The van der Waals surface area contributed by atoms with Crippen LogP contribution in [0.1, 0.15) is 31.2 Å². The van der Waals surface area contributed by atoms with Crippen molar-refractivity contribution >= 4 is 5.91 Å².